The van der Waals surface area contributed by atoms with Crippen LogP contribution >= 0.6 is 11.3 Å². The highest BCUT2D eigenvalue weighted by Gasteiger charge is 2.11. The van der Waals surface area contributed by atoms with Crippen LogP contribution < -0.4 is 15.6 Å². The molecular formula is C21H17FN4O3S. The smallest absolute Gasteiger partial charge is 0.275 e. The molecule has 4 aromatic rings. The molecule has 0 aliphatic heterocycles. The number of nitrogens with zero attached hydrogens (tertiary/aromatic N) is 3. The van der Waals surface area contributed by atoms with E-state index in [9.17, 15) is 14.0 Å². The van der Waals surface area contributed by atoms with Gasteiger partial charge >= 0.3 is 0 Å². The van der Waals surface area contributed by atoms with Gasteiger partial charge in [0, 0.05) is 11.6 Å². The largest absolute Gasteiger partial charge is 0.484 e. The lowest BCUT2D eigenvalue weighted by molar-refractivity contribution is -0.123. The summed E-state index contributed by atoms with van der Waals surface area (Å²) < 4.78 is 19.4. The Labute approximate surface area is 174 Å². The summed E-state index contributed by atoms with van der Waals surface area (Å²) in [4.78, 5) is 29.2. The van der Waals surface area contributed by atoms with E-state index in [1.54, 1.807) is 0 Å². The standard InChI is InChI=1S/C21H17FN4O3S/c1-13-2-4-14(5-3-13)20-25-26-19(28)10-16(24-21(26)30-20)11-23-18(27)12-29-17-8-6-15(22)7-9-17/h2-10H,11-12H2,1H3,(H,23,27). The zero-order chi connectivity index (χ0) is 21.1. The zero-order valence-electron chi connectivity index (χ0n) is 16.0. The van der Waals surface area contributed by atoms with E-state index in [0.717, 1.165) is 11.1 Å². The van der Waals surface area contributed by atoms with Crippen LogP contribution in [0, 0.1) is 12.7 Å². The van der Waals surface area contributed by atoms with Gasteiger partial charge < -0.3 is 10.1 Å². The van der Waals surface area contributed by atoms with Gasteiger partial charge in [0.05, 0.1) is 12.2 Å². The number of carbonyl (C=O) groups excluding carboxylic acids is 1. The highest BCUT2D eigenvalue weighted by atomic mass is 32.1. The molecule has 2 heterocycles. The SMILES string of the molecule is Cc1ccc(-c2nn3c(=O)cc(CNC(=O)COc4ccc(F)cc4)nc3s2)cc1. The quantitative estimate of drug-likeness (QED) is 0.514. The van der Waals surface area contributed by atoms with Crippen molar-refractivity contribution in [2.45, 2.75) is 13.5 Å². The fourth-order valence-corrected chi connectivity index (χ4v) is 3.61. The third kappa shape index (κ3) is 4.52. The lowest BCUT2D eigenvalue weighted by atomic mass is 10.2. The Morgan fingerprint density at radius 3 is 2.63 bits per heavy atom. The van der Waals surface area contributed by atoms with Crippen LogP contribution in [-0.4, -0.2) is 27.1 Å². The van der Waals surface area contributed by atoms with E-state index >= 15 is 0 Å². The minimum absolute atomic E-state index is 0.0785. The molecule has 1 amide bonds. The summed E-state index contributed by atoms with van der Waals surface area (Å²) in [6.45, 7) is 1.85. The van der Waals surface area contributed by atoms with Crippen LogP contribution in [0.25, 0.3) is 15.5 Å². The van der Waals surface area contributed by atoms with Gasteiger partial charge in [-0.3, -0.25) is 9.59 Å². The van der Waals surface area contributed by atoms with Crippen molar-refractivity contribution in [3.8, 4) is 16.3 Å². The number of fused-ring (bicyclic) bond motifs is 1. The first-order valence-corrected chi connectivity index (χ1v) is 9.91. The van der Waals surface area contributed by atoms with Crippen LogP contribution in [0.1, 0.15) is 11.3 Å². The zero-order valence-corrected chi connectivity index (χ0v) is 16.8. The average Bonchev–Trinajstić information content (AvgIpc) is 3.17. The monoisotopic (exact) mass is 424 g/mol. The summed E-state index contributed by atoms with van der Waals surface area (Å²) in [5, 5.41) is 7.69. The van der Waals surface area contributed by atoms with Gasteiger partial charge in [-0.15, -0.1) is 0 Å². The van der Waals surface area contributed by atoms with Crippen molar-refractivity contribution in [3.63, 3.8) is 0 Å². The average molecular weight is 424 g/mol. The van der Waals surface area contributed by atoms with E-state index in [2.05, 4.69) is 15.4 Å². The number of nitrogens with one attached hydrogen (secondary N) is 1. The van der Waals surface area contributed by atoms with Crippen LogP contribution in [-0.2, 0) is 11.3 Å². The Hall–Kier alpha value is -3.59. The highest BCUT2D eigenvalue weighted by molar-refractivity contribution is 7.19. The Morgan fingerprint density at radius 1 is 1.17 bits per heavy atom. The molecule has 0 radical (unpaired) electrons. The highest BCUT2D eigenvalue weighted by Crippen LogP contribution is 2.24. The number of amides is 1. The van der Waals surface area contributed by atoms with Gasteiger partial charge in [0.1, 0.15) is 16.6 Å². The number of rotatable bonds is 6. The molecule has 7 nitrogen and oxygen atoms in total. The van der Waals surface area contributed by atoms with Gasteiger partial charge in [-0.1, -0.05) is 41.2 Å². The number of aromatic nitrogens is 3. The third-order valence-electron chi connectivity index (χ3n) is 4.25. The summed E-state index contributed by atoms with van der Waals surface area (Å²) in [5.74, 6) is -0.378. The molecule has 152 valence electrons. The van der Waals surface area contributed by atoms with Crippen LogP contribution in [0.4, 0.5) is 4.39 Å². The van der Waals surface area contributed by atoms with Gasteiger partial charge in [-0.25, -0.2) is 9.37 Å². The molecule has 0 bridgehead atoms. The molecule has 0 saturated carbocycles. The molecule has 0 aliphatic rings. The molecular weight excluding hydrogens is 407 g/mol. The number of aryl methyl sites for hydroxylation is 1. The molecule has 2 aromatic heterocycles. The summed E-state index contributed by atoms with van der Waals surface area (Å²) in [6.07, 6.45) is 0. The minimum Gasteiger partial charge on any atom is -0.484 e. The maximum absolute atomic E-state index is 12.9. The predicted octanol–water partition coefficient (Wildman–Crippen LogP) is 2.96. The number of ether oxygens (including phenoxy) is 1. The first kappa shape index (κ1) is 19.7. The van der Waals surface area contributed by atoms with Crippen LogP contribution in [0.5, 0.6) is 5.75 Å². The third-order valence-corrected chi connectivity index (χ3v) is 5.20. The molecule has 30 heavy (non-hydrogen) atoms. The number of hydrogen-bond acceptors (Lipinski definition) is 6. The number of benzene rings is 2. The lowest BCUT2D eigenvalue weighted by Gasteiger charge is -2.07. The van der Waals surface area contributed by atoms with Crippen molar-refractivity contribution in [1.29, 1.82) is 0 Å². The molecule has 0 atom stereocenters. The van der Waals surface area contributed by atoms with Gasteiger partial charge in [0.2, 0.25) is 4.96 Å². The summed E-state index contributed by atoms with van der Waals surface area (Å²) in [5.41, 5.74) is 2.15. The van der Waals surface area contributed by atoms with E-state index in [-0.39, 0.29) is 30.4 Å². The van der Waals surface area contributed by atoms with Crippen molar-refractivity contribution < 1.29 is 13.9 Å². The van der Waals surface area contributed by atoms with Crippen LogP contribution in [0.3, 0.4) is 0 Å². The predicted molar refractivity (Wildman–Crippen MR) is 111 cm³/mol. The molecule has 0 spiro atoms. The Morgan fingerprint density at radius 2 is 1.90 bits per heavy atom. The molecule has 0 unspecified atom stereocenters. The maximum Gasteiger partial charge on any atom is 0.275 e. The maximum atomic E-state index is 12.9. The Balaban J connectivity index is 1.42. The summed E-state index contributed by atoms with van der Waals surface area (Å²) >= 11 is 1.30. The van der Waals surface area contributed by atoms with Gasteiger partial charge in [-0.05, 0) is 31.2 Å². The van der Waals surface area contributed by atoms with Crippen molar-refractivity contribution in [1.82, 2.24) is 19.9 Å². The Kier molecular flexibility index (Phi) is 5.53. The first-order valence-electron chi connectivity index (χ1n) is 9.10. The van der Waals surface area contributed by atoms with Gasteiger partial charge in [0.25, 0.3) is 11.5 Å². The molecule has 4 rings (SSSR count). The lowest BCUT2D eigenvalue weighted by Crippen LogP contribution is -2.29. The molecule has 2 aromatic carbocycles. The van der Waals surface area contributed by atoms with E-state index in [0.29, 0.717) is 21.4 Å². The summed E-state index contributed by atoms with van der Waals surface area (Å²) in [6, 6.07) is 14.6. The molecule has 0 saturated heterocycles. The van der Waals surface area contributed by atoms with E-state index in [1.807, 2.05) is 31.2 Å². The van der Waals surface area contributed by atoms with E-state index in [4.69, 9.17) is 4.74 Å². The van der Waals surface area contributed by atoms with Crippen molar-refractivity contribution in [2.24, 2.45) is 0 Å². The van der Waals surface area contributed by atoms with Crippen molar-refractivity contribution >= 4 is 22.2 Å². The van der Waals surface area contributed by atoms with Gasteiger partial charge in [-0.2, -0.15) is 9.61 Å². The number of carbonyl (C=O) groups is 1. The van der Waals surface area contributed by atoms with E-state index in [1.165, 1.54) is 46.2 Å². The van der Waals surface area contributed by atoms with Crippen molar-refractivity contribution in [3.05, 3.63) is 82.0 Å². The molecule has 0 aliphatic carbocycles. The Bertz CT molecular complexity index is 1250. The van der Waals surface area contributed by atoms with Gasteiger partial charge in [0.15, 0.2) is 6.61 Å². The van der Waals surface area contributed by atoms with Crippen molar-refractivity contribution in [2.75, 3.05) is 6.61 Å². The van der Waals surface area contributed by atoms with Crippen LogP contribution in [0.2, 0.25) is 0 Å². The summed E-state index contributed by atoms with van der Waals surface area (Å²) in [7, 11) is 0. The molecule has 0 fully saturated rings. The fourth-order valence-electron chi connectivity index (χ4n) is 2.68. The topological polar surface area (TPSA) is 85.6 Å². The minimum atomic E-state index is -0.383. The van der Waals surface area contributed by atoms with E-state index < -0.39 is 0 Å². The first-order chi connectivity index (χ1) is 14.5. The second kappa shape index (κ2) is 8.42. The molecule has 9 heteroatoms. The van der Waals surface area contributed by atoms with Crippen LogP contribution in [0.15, 0.2) is 59.4 Å². The normalized spacial score (nSPS) is 10.9. The fraction of sp³-hybridized carbons (Fsp3) is 0.143. The number of halogens is 1. The second-order valence-electron chi connectivity index (χ2n) is 6.57. The second-order valence-corrected chi connectivity index (χ2v) is 7.53. The molecule has 1 N–H and O–H groups in total. The number of hydrogen-bond donors (Lipinski definition) is 1.